The molecular weight excluding hydrogens is 227 g/mol. The van der Waals surface area contributed by atoms with Gasteiger partial charge in [-0.3, -0.25) is 0 Å². The SMILES string of the molecule is Cc1cccc(Nc2cc(F)cc(C#N)c2)c1C. The van der Waals surface area contributed by atoms with E-state index in [0.717, 1.165) is 16.8 Å². The monoisotopic (exact) mass is 240 g/mol. The van der Waals surface area contributed by atoms with Crippen LogP contribution in [0.1, 0.15) is 16.7 Å². The van der Waals surface area contributed by atoms with Crippen molar-refractivity contribution in [1.29, 1.82) is 5.26 Å². The zero-order valence-corrected chi connectivity index (χ0v) is 10.3. The first kappa shape index (κ1) is 12.1. The van der Waals surface area contributed by atoms with Gasteiger partial charge in [-0.2, -0.15) is 5.26 Å². The lowest BCUT2D eigenvalue weighted by Crippen LogP contribution is -1.96. The Morgan fingerprint density at radius 2 is 1.94 bits per heavy atom. The number of aryl methyl sites for hydroxylation is 1. The molecule has 0 aliphatic heterocycles. The fourth-order valence-electron chi connectivity index (χ4n) is 1.77. The van der Waals surface area contributed by atoms with Gasteiger partial charge in [0.15, 0.2) is 0 Å². The Morgan fingerprint density at radius 3 is 2.67 bits per heavy atom. The normalized spacial score (nSPS) is 9.89. The Morgan fingerprint density at radius 1 is 1.17 bits per heavy atom. The molecule has 0 atom stereocenters. The zero-order valence-electron chi connectivity index (χ0n) is 10.3. The lowest BCUT2D eigenvalue weighted by atomic mass is 10.1. The van der Waals surface area contributed by atoms with Gasteiger partial charge in [0, 0.05) is 11.4 Å². The molecule has 0 aliphatic rings. The quantitative estimate of drug-likeness (QED) is 0.859. The topological polar surface area (TPSA) is 35.8 Å². The van der Waals surface area contributed by atoms with Crippen LogP contribution < -0.4 is 5.32 Å². The number of anilines is 2. The van der Waals surface area contributed by atoms with Crippen molar-refractivity contribution in [3.8, 4) is 6.07 Å². The van der Waals surface area contributed by atoms with Crippen molar-refractivity contribution in [3.63, 3.8) is 0 Å². The smallest absolute Gasteiger partial charge is 0.126 e. The van der Waals surface area contributed by atoms with Crippen LogP contribution in [-0.2, 0) is 0 Å². The minimum Gasteiger partial charge on any atom is -0.355 e. The van der Waals surface area contributed by atoms with Crippen LogP contribution in [0.5, 0.6) is 0 Å². The van der Waals surface area contributed by atoms with Crippen molar-refractivity contribution in [1.82, 2.24) is 0 Å². The number of nitriles is 1. The standard InChI is InChI=1S/C15H13FN2/c1-10-4-3-5-15(11(10)2)18-14-7-12(9-17)6-13(16)8-14/h3-8,18H,1-2H3. The Balaban J connectivity index is 2.37. The molecule has 2 rings (SSSR count). The van der Waals surface area contributed by atoms with Crippen molar-refractivity contribution in [2.45, 2.75) is 13.8 Å². The van der Waals surface area contributed by atoms with Gasteiger partial charge in [0.05, 0.1) is 11.6 Å². The molecule has 0 unspecified atom stereocenters. The fraction of sp³-hybridized carbons (Fsp3) is 0.133. The molecule has 2 aromatic rings. The Bertz CT molecular complexity index is 627. The summed E-state index contributed by atoms with van der Waals surface area (Å²) in [5, 5.41) is 11.9. The Labute approximate surface area is 106 Å². The van der Waals surface area contributed by atoms with Gasteiger partial charge < -0.3 is 5.32 Å². The molecule has 0 spiro atoms. The maximum absolute atomic E-state index is 13.3. The predicted molar refractivity (Wildman–Crippen MR) is 70.3 cm³/mol. The molecule has 0 saturated carbocycles. The highest BCUT2D eigenvalue weighted by Crippen LogP contribution is 2.24. The van der Waals surface area contributed by atoms with E-state index in [-0.39, 0.29) is 0 Å². The second kappa shape index (κ2) is 4.89. The number of hydrogen-bond acceptors (Lipinski definition) is 2. The number of nitrogens with zero attached hydrogens (tertiary/aromatic N) is 1. The molecule has 2 nitrogen and oxygen atoms in total. The lowest BCUT2D eigenvalue weighted by Gasteiger charge is -2.11. The predicted octanol–water partition coefficient (Wildman–Crippen LogP) is 4.06. The van der Waals surface area contributed by atoms with E-state index in [2.05, 4.69) is 5.32 Å². The Hall–Kier alpha value is -2.34. The molecule has 0 saturated heterocycles. The summed E-state index contributed by atoms with van der Waals surface area (Å²) in [6, 6.07) is 12.1. The molecular formula is C15H13FN2. The number of benzene rings is 2. The van der Waals surface area contributed by atoms with E-state index in [1.54, 1.807) is 6.07 Å². The van der Waals surface area contributed by atoms with E-state index in [9.17, 15) is 4.39 Å². The third-order valence-corrected chi connectivity index (χ3v) is 2.91. The number of nitrogens with one attached hydrogen (secondary N) is 1. The van der Waals surface area contributed by atoms with Gasteiger partial charge in [0.25, 0.3) is 0 Å². The first-order chi connectivity index (χ1) is 8.60. The minimum atomic E-state index is -0.415. The van der Waals surface area contributed by atoms with Crippen LogP contribution in [0.25, 0.3) is 0 Å². The summed E-state index contributed by atoms with van der Waals surface area (Å²) in [4.78, 5) is 0. The van der Waals surface area contributed by atoms with Gasteiger partial charge in [-0.1, -0.05) is 12.1 Å². The van der Waals surface area contributed by atoms with Gasteiger partial charge in [-0.15, -0.1) is 0 Å². The van der Waals surface area contributed by atoms with E-state index >= 15 is 0 Å². The van der Waals surface area contributed by atoms with Crippen molar-refractivity contribution < 1.29 is 4.39 Å². The first-order valence-corrected chi connectivity index (χ1v) is 5.64. The fourth-order valence-corrected chi connectivity index (χ4v) is 1.77. The molecule has 1 N–H and O–H groups in total. The summed E-state index contributed by atoms with van der Waals surface area (Å²) in [6.45, 7) is 4.02. The largest absolute Gasteiger partial charge is 0.355 e. The average Bonchev–Trinajstić information content (AvgIpc) is 2.34. The summed E-state index contributed by atoms with van der Waals surface area (Å²) in [5.41, 5.74) is 4.09. The highest BCUT2D eigenvalue weighted by Gasteiger charge is 2.04. The molecule has 0 bridgehead atoms. The van der Waals surface area contributed by atoms with Crippen molar-refractivity contribution in [2.24, 2.45) is 0 Å². The van der Waals surface area contributed by atoms with Gasteiger partial charge in [0.2, 0.25) is 0 Å². The highest BCUT2D eigenvalue weighted by atomic mass is 19.1. The van der Waals surface area contributed by atoms with E-state index in [1.807, 2.05) is 38.1 Å². The second-order valence-electron chi connectivity index (χ2n) is 4.21. The van der Waals surface area contributed by atoms with Crippen LogP contribution in [0, 0.1) is 31.0 Å². The van der Waals surface area contributed by atoms with Crippen LogP contribution >= 0.6 is 0 Å². The number of rotatable bonds is 2. The lowest BCUT2D eigenvalue weighted by molar-refractivity contribution is 0.628. The van der Waals surface area contributed by atoms with Gasteiger partial charge >= 0.3 is 0 Å². The van der Waals surface area contributed by atoms with E-state index < -0.39 is 5.82 Å². The molecule has 0 amide bonds. The summed E-state index contributed by atoms with van der Waals surface area (Å²) in [5.74, 6) is -0.415. The van der Waals surface area contributed by atoms with Crippen molar-refractivity contribution in [3.05, 3.63) is 58.9 Å². The molecule has 18 heavy (non-hydrogen) atoms. The van der Waals surface area contributed by atoms with Crippen LogP contribution in [-0.4, -0.2) is 0 Å². The molecule has 90 valence electrons. The van der Waals surface area contributed by atoms with E-state index in [0.29, 0.717) is 11.3 Å². The van der Waals surface area contributed by atoms with Gasteiger partial charge in [0.1, 0.15) is 5.82 Å². The van der Waals surface area contributed by atoms with Crippen LogP contribution in [0.2, 0.25) is 0 Å². The minimum absolute atomic E-state index is 0.308. The summed E-state index contributed by atoms with van der Waals surface area (Å²) in [6.07, 6.45) is 0. The molecule has 0 radical (unpaired) electrons. The molecule has 0 aromatic heterocycles. The maximum atomic E-state index is 13.3. The van der Waals surface area contributed by atoms with E-state index in [1.165, 1.54) is 12.1 Å². The third-order valence-electron chi connectivity index (χ3n) is 2.91. The molecule has 0 aliphatic carbocycles. The molecule has 0 fully saturated rings. The van der Waals surface area contributed by atoms with Crippen molar-refractivity contribution >= 4 is 11.4 Å². The molecule has 2 aromatic carbocycles. The van der Waals surface area contributed by atoms with Crippen LogP contribution in [0.4, 0.5) is 15.8 Å². The Kier molecular flexibility index (Phi) is 3.29. The highest BCUT2D eigenvalue weighted by molar-refractivity contribution is 5.65. The molecule has 0 heterocycles. The zero-order chi connectivity index (χ0) is 13.1. The summed E-state index contributed by atoms with van der Waals surface area (Å²) in [7, 11) is 0. The first-order valence-electron chi connectivity index (χ1n) is 5.64. The van der Waals surface area contributed by atoms with E-state index in [4.69, 9.17) is 5.26 Å². The number of halogens is 1. The molecule has 3 heteroatoms. The summed E-state index contributed by atoms with van der Waals surface area (Å²) >= 11 is 0. The number of hydrogen-bond donors (Lipinski definition) is 1. The van der Waals surface area contributed by atoms with Crippen LogP contribution in [0.15, 0.2) is 36.4 Å². The maximum Gasteiger partial charge on any atom is 0.126 e. The summed E-state index contributed by atoms with van der Waals surface area (Å²) < 4.78 is 13.3. The third kappa shape index (κ3) is 2.49. The van der Waals surface area contributed by atoms with Crippen LogP contribution in [0.3, 0.4) is 0 Å². The van der Waals surface area contributed by atoms with Gasteiger partial charge in [-0.25, -0.2) is 4.39 Å². The van der Waals surface area contributed by atoms with Crippen molar-refractivity contribution in [2.75, 3.05) is 5.32 Å². The average molecular weight is 240 g/mol. The van der Waals surface area contributed by atoms with Gasteiger partial charge in [-0.05, 0) is 49.2 Å². The second-order valence-corrected chi connectivity index (χ2v) is 4.21.